The molecule has 0 aromatic carbocycles. The third-order valence-electron chi connectivity index (χ3n) is 4.31. The fourth-order valence-corrected chi connectivity index (χ4v) is 2.41. The molecule has 110 valence electrons. The van der Waals surface area contributed by atoms with Gasteiger partial charge in [0.25, 0.3) is 0 Å². The van der Waals surface area contributed by atoms with Gasteiger partial charge >= 0.3 is 0 Å². The Balaban J connectivity index is 2.60. The van der Waals surface area contributed by atoms with E-state index < -0.39 is 0 Å². The van der Waals surface area contributed by atoms with Crippen molar-refractivity contribution >= 4 is 11.8 Å². The predicted octanol–water partition coefficient (Wildman–Crippen LogP) is 2.18. The van der Waals surface area contributed by atoms with Crippen LogP contribution >= 0.6 is 0 Å². The van der Waals surface area contributed by atoms with Gasteiger partial charge in [0.1, 0.15) is 0 Å². The van der Waals surface area contributed by atoms with Crippen molar-refractivity contribution in [2.75, 3.05) is 6.54 Å². The maximum absolute atomic E-state index is 12.3. The first kappa shape index (κ1) is 16.2. The molecule has 1 fully saturated rings. The fourth-order valence-electron chi connectivity index (χ4n) is 2.41. The normalized spacial score (nSPS) is 21.8. The van der Waals surface area contributed by atoms with Crippen LogP contribution in [0.4, 0.5) is 0 Å². The van der Waals surface area contributed by atoms with Gasteiger partial charge in [-0.3, -0.25) is 14.5 Å². The van der Waals surface area contributed by atoms with Crippen LogP contribution in [0.1, 0.15) is 53.9 Å². The Morgan fingerprint density at radius 3 is 2.26 bits per heavy atom. The molecule has 2 amide bonds. The second-order valence-corrected chi connectivity index (χ2v) is 5.96. The molecule has 0 spiro atoms. The van der Waals surface area contributed by atoms with Crippen molar-refractivity contribution in [3.63, 3.8) is 0 Å². The molecular formula is C15H28N2O2. The molecule has 0 bridgehead atoms. The van der Waals surface area contributed by atoms with Crippen LogP contribution in [0.5, 0.6) is 0 Å². The van der Waals surface area contributed by atoms with Crippen molar-refractivity contribution < 1.29 is 9.59 Å². The summed E-state index contributed by atoms with van der Waals surface area (Å²) in [6.07, 6.45) is 1.99. The first-order chi connectivity index (χ1) is 8.92. The quantitative estimate of drug-likeness (QED) is 0.720. The van der Waals surface area contributed by atoms with Gasteiger partial charge in [0.2, 0.25) is 11.8 Å². The van der Waals surface area contributed by atoms with Gasteiger partial charge in [-0.1, -0.05) is 34.6 Å². The van der Waals surface area contributed by atoms with Crippen LogP contribution in [0.25, 0.3) is 0 Å². The number of rotatable bonds is 7. The van der Waals surface area contributed by atoms with Crippen LogP contribution in [-0.2, 0) is 9.59 Å². The van der Waals surface area contributed by atoms with Crippen LogP contribution < -0.4 is 5.32 Å². The minimum Gasteiger partial charge on any atom is -0.305 e. The number of nitrogens with one attached hydrogen (secondary N) is 1. The van der Waals surface area contributed by atoms with E-state index in [0.717, 1.165) is 19.4 Å². The van der Waals surface area contributed by atoms with Crippen molar-refractivity contribution in [3.8, 4) is 0 Å². The fraction of sp³-hybridized carbons (Fsp3) is 0.867. The second-order valence-electron chi connectivity index (χ2n) is 5.96. The van der Waals surface area contributed by atoms with E-state index in [4.69, 9.17) is 0 Å². The number of nitrogens with zero attached hydrogens (tertiary/aromatic N) is 1. The van der Waals surface area contributed by atoms with E-state index in [2.05, 4.69) is 26.1 Å². The third kappa shape index (κ3) is 3.78. The zero-order chi connectivity index (χ0) is 14.6. The van der Waals surface area contributed by atoms with Crippen molar-refractivity contribution in [2.24, 2.45) is 11.8 Å². The molecule has 1 aliphatic rings. The Morgan fingerprint density at radius 1 is 1.21 bits per heavy atom. The Morgan fingerprint density at radius 2 is 1.79 bits per heavy atom. The van der Waals surface area contributed by atoms with Crippen molar-refractivity contribution in [2.45, 2.75) is 66.0 Å². The Hall–Kier alpha value is -0.900. The van der Waals surface area contributed by atoms with Crippen LogP contribution in [0.3, 0.4) is 0 Å². The second kappa shape index (κ2) is 7.04. The lowest BCUT2D eigenvalue weighted by atomic mass is 9.98. The standard InChI is InChI=1S/C15H28N2O2/c1-6-12(7-2)17-14(18)8-13(15(17)19)16-9-11(5)10(3)4/h10-13,16H,6-9H2,1-5H3. The Kier molecular flexibility index (Phi) is 5.98. The van der Waals surface area contributed by atoms with E-state index in [1.165, 1.54) is 4.90 Å². The molecule has 1 heterocycles. The van der Waals surface area contributed by atoms with E-state index >= 15 is 0 Å². The lowest BCUT2D eigenvalue weighted by molar-refractivity contribution is -0.141. The number of amides is 2. The summed E-state index contributed by atoms with van der Waals surface area (Å²) in [6.45, 7) is 11.3. The summed E-state index contributed by atoms with van der Waals surface area (Å²) in [4.78, 5) is 25.8. The summed E-state index contributed by atoms with van der Waals surface area (Å²) in [6, 6.07) is -0.247. The maximum atomic E-state index is 12.3. The van der Waals surface area contributed by atoms with Gasteiger partial charge in [0.05, 0.1) is 12.5 Å². The van der Waals surface area contributed by atoms with E-state index in [1.807, 2.05) is 13.8 Å². The van der Waals surface area contributed by atoms with Crippen LogP contribution in [0.15, 0.2) is 0 Å². The van der Waals surface area contributed by atoms with Crippen LogP contribution in [0, 0.1) is 11.8 Å². The van der Waals surface area contributed by atoms with Crippen LogP contribution in [-0.4, -0.2) is 35.3 Å². The topological polar surface area (TPSA) is 49.4 Å². The van der Waals surface area contributed by atoms with Gasteiger partial charge < -0.3 is 5.32 Å². The first-order valence-corrected chi connectivity index (χ1v) is 7.51. The van der Waals surface area contributed by atoms with Crippen molar-refractivity contribution in [1.82, 2.24) is 10.2 Å². The van der Waals surface area contributed by atoms with Crippen LogP contribution in [0.2, 0.25) is 0 Å². The molecule has 1 saturated heterocycles. The molecule has 0 aromatic heterocycles. The Bertz CT molecular complexity index is 324. The number of likely N-dealkylation sites (tertiary alicyclic amines) is 1. The molecule has 4 nitrogen and oxygen atoms in total. The largest absolute Gasteiger partial charge is 0.305 e. The number of hydrogen-bond donors (Lipinski definition) is 1. The average Bonchev–Trinajstić information content (AvgIpc) is 2.65. The van der Waals surface area contributed by atoms with E-state index in [-0.39, 0.29) is 23.9 Å². The minimum atomic E-state index is -0.311. The molecule has 1 aliphatic heterocycles. The molecule has 0 aromatic rings. The number of hydrogen-bond acceptors (Lipinski definition) is 3. The van der Waals surface area contributed by atoms with E-state index in [1.54, 1.807) is 0 Å². The zero-order valence-electron chi connectivity index (χ0n) is 12.9. The number of carbonyl (C=O) groups is 2. The smallest absolute Gasteiger partial charge is 0.247 e. The summed E-state index contributed by atoms with van der Waals surface area (Å²) in [7, 11) is 0. The van der Waals surface area contributed by atoms with Crippen molar-refractivity contribution in [3.05, 3.63) is 0 Å². The molecule has 1 rings (SSSR count). The summed E-state index contributed by atoms with van der Waals surface area (Å²) >= 11 is 0. The summed E-state index contributed by atoms with van der Waals surface area (Å²) in [5.41, 5.74) is 0. The molecule has 0 aliphatic carbocycles. The molecule has 0 saturated carbocycles. The third-order valence-corrected chi connectivity index (χ3v) is 4.31. The highest BCUT2D eigenvalue weighted by atomic mass is 16.2. The van der Waals surface area contributed by atoms with Gasteiger partial charge in [-0.25, -0.2) is 0 Å². The van der Waals surface area contributed by atoms with Gasteiger partial charge in [0, 0.05) is 6.04 Å². The predicted molar refractivity (Wildman–Crippen MR) is 76.6 cm³/mol. The number of carbonyl (C=O) groups excluding carboxylic acids is 2. The monoisotopic (exact) mass is 268 g/mol. The van der Waals surface area contributed by atoms with Gasteiger partial charge in [-0.05, 0) is 31.2 Å². The number of imide groups is 1. The Labute approximate surface area is 116 Å². The highest BCUT2D eigenvalue weighted by molar-refractivity contribution is 6.05. The molecule has 4 heteroatoms. The molecule has 19 heavy (non-hydrogen) atoms. The SMILES string of the molecule is CCC(CC)N1C(=O)CC(NCC(C)C(C)C)C1=O. The molecule has 0 radical (unpaired) electrons. The molecule has 1 N–H and O–H groups in total. The highest BCUT2D eigenvalue weighted by Gasteiger charge is 2.41. The average molecular weight is 268 g/mol. The molecule has 2 atom stereocenters. The van der Waals surface area contributed by atoms with Gasteiger partial charge in [-0.15, -0.1) is 0 Å². The summed E-state index contributed by atoms with van der Waals surface area (Å²) in [5.74, 6) is 1.03. The van der Waals surface area contributed by atoms with Gasteiger partial charge in [-0.2, -0.15) is 0 Å². The minimum absolute atomic E-state index is 0.0200. The van der Waals surface area contributed by atoms with E-state index in [0.29, 0.717) is 18.3 Å². The van der Waals surface area contributed by atoms with Crippen molar-refractivity contribution in [1.29, 1.82) is 0 Å². The first-order valence-electron chi connectivity index (χ1n) is 7.51. The van der Waals surface area contributed by atoms with Gasteiger partial charge in [0.15, 0.2) is 0 Å². The lowest BCUT2D eigenvalue weighted by Gasteiger charge is -2.24. The summed E-state index contributed by atoms with van der Waals surface area (Å²) < 4.78 is 0. The molecule has 2 unspecified atom stereocenters. The maximum Gasteiger partial charge on any atom is 0.247 e. The highest BCUT2D eigenvalue weighted by Crippen LogP contribution is 2.20. The van der Waals surface area contributed by atoms with E-state index in [9.17, 15) is 9.59 Å². The summed E-state index contributed by atoms with van der Waals surface area (Å²) in [5, 5.41) is 3.26. The lowest BCUT2D eigenvalue weighted by Crippen LogP contribution is -2.44. The molecular weight excluding hydrogens is 240 g/mol. The zero-order valence-corrected chi connectivity index (χ0v) is 12.9.